The summed E-state index contributed by atoms with van der Waals surface area (Å²) < 4.78 is 48.5. The standard InChI is InChI=1S/C17H18F2O4.C17H18O5/c18-17(19,10-22-11-4-2-1-3-5-11)7-6-12-13-8-16(21)23-15(13)9-14(12)20;18-11(10-21-12-4-2-1-3-5-12)6-7-13-14-8-17(20)22-16(14)9-15(13)19/h1-7,12-15,20H,8-10H2;1-7,13-16,19H,8-10H2/b2*7-6+/t12-,13-,14-,15+;13-,14-,15-,16+/m11/s1. The Labute approximate surface area is 259 Å². The number of fused-ring (bicyclic) bond motifs is 2. The van der Waals surface area contributed by atoms with Crippen LogP contribution < -0.4 is 9.47 Å². The van der Waals surface area contributed by atoms with Gasteiger partial charge in [-0.3, -0.25) is 14.4 Å². The Bertz CT molecular complexity index is 1380. The van der Waals surface area contributed by atoms with E-state index >= 15 is 0 Å². The number of ether oxygens (including phenoxy) is 4. The van der Waals surface area contributed by atoms with Crippen molar-refractivity contribution < 1.29 is 52.3 Å². The maximum Gasteiger partial charge on any atom is 0.306 e. The number of hydrogen-bond donors (Lipinski definition) is 2. The zero-order valence-corrected chi connectivity index (χ0v) is 24.5. The minimum absolute atomic E-state index is 0.0263. The van der Waals surface area contributed by atoms with Crippen LogP contribution >= 0.6 is 0 Å². The first kappa shape index (κ1) is 32.3. The first-order valence-electron chi connectivity index (χ1n) is 15.0. The van der Waals surface area contributed by atoms with E-state index in [1.165, 1.54) is 12.2 Å². The molecule has 8 atom stereocenters. The van der Waals surface area contributed by atoms with Crippen molar-refractivity contribution in [1.82, 2.24) is 0 Å². The number of hydrogen-bond acceptors (Lipinski definition) is 9. The lowest BCUT2D eigenvalue weighted by atomic mass is 9.91. The Morgan fingerprint density at radius 1 is 0.800 bits per heavy atom. The number of halogens is 2. The van der Waals surface area contributed by atoms with Crippen LogP contribution in [0.25, 0.3) is 0 Å². The van der Waals surface area contributed by atoms with Crippen LogP contribution in [0.15, 0.2) is 85.0 Å². The molecular formula is C34H36F2O9. The first-order valence-corrected chi connectivity index (χ1v) is 15.0. The van der Waals surface area contributed by atoms with Crippen molar-refractivity contribution in [2.45, 2.75) is 56.0 Å². The van der Waals surface area contributed by atoms with Gasteiger partial charge in [0.05, 0.1) is 25.0 Å². The van der Waals surface area contributed by atoms with Crippen LogP contribution in [0, 0.1) is 23.7 Å². The molecule has 2 aliphatic heterocycles. The SMILES string of the molecule is O=C(/C=C/[C@@H]1[C@H]2CC(=O)O[C@H]2C[C@H]1O)COc1ccccc1.O=C1C[C@@H]2[C@@H](/C=C/C(F)(F)COc3ccccc3)[C@H](O)C[C@@H]2O1. The fourth-order valence-electron chi connectivity index (χ4n) is 6.31. The van der Waals surface area contributed by atoms with Crippen molar-refractivity contribution >= 4 is 17.7 Å². The van der Waals surface area contributed by atoms with Crippen molar-refractivity contribution in [3.63, 3.8) is 0 Å². The highest BCUT2D eigenvalue weighted by Gasteiger charge is 2.49. The van der Waals surface area contributed by atoms with E-state index in [9.17, 15) is 33.4 Å². The van der Waals surface area contributed by atoms with Crippen molar-refractivity contribution in [3.8, 4) is 11.5 Å². The van der Waals surface area contributed by atoms with Crippen LogP contribution in [-0.4, -0.2) is 71.5 Å². The molecule has 2 saturated carbocycles. The molecule has 0 aromatic heterocycles. The molecule has 0 spiro atoms. The van der Waals surface area contributed by atoms with Crippen LogP contribution in [0.1, 0.15) is 25.7 Å². The molecule has 0 radical (unpaired) electrons. The molecule has 240 valence electrons. The van der Waals surface area contributed by atoms with E-state index in [0.29, 0.717) is 30.8 Å². The second-order valence-corrected chi connectivity index (χ2v) is 11.7. The number of carbonyl (C=O) groups excluding carboxylic acids is 3. The van der Waals surface area contributed by atoms with Crippen LogP contribution in [0.2, 0.25) is 0 Å². The molecule has 0 unspecified atom stereocenters. The number of benzene rings is 2. The molecule has 2 aromatic rings. The second-order valence-electron chi connectivity index (χ2n) is 11.7. The van der Waals surface area contributed by atoms with Crippen LogP contribution in [0.5, 0.6) is 11.5 Å². The van der Waals surface area contributed by atoms with E-state index in [4.69, 9.17) is 18.9 Å². The van der Waals surface area contributed by atoms with Gasteiger partial charge in [0.1, 0.15) is 23.7 Å². The molecule has 11 heteroatoms. The number of aliphatic hydroxyl groups excluding tert-OH is 2. The number of esters is 2. The Kier molecular flexibility index (Phi) is 10.3. The van der Waals surface area contributed by atoms with Gasteiger partial charge in [-0.25, -0.2) is 0 Å². The lowest BCUT2D eigenvalue weighted by Gasteiger charge is -2.17. The third-order valence-corrected chi connectivity index (χ3v) is 8.52. The summed E-state index contributed by atoms with van der Waals surface area (Å²) in [4.78, 5) is 34.4. The molecule has 2 N–H and O–H groups in total. The molecule has 2 aromatic carbocycles. The average molecular weight is 627 g/mol. The molecule has 2 heterocycles. The predicted octanol–water partition coefficient (Wildman–Crippen LogP) is 4.07. The average Bonchev–Trinajstić information content (AvgIpc) is 3.72. The number of carbonyl (C=O) groups is 3. The third kappa shape index (κ3) is 8.55. The van der Waals surface area contributed by atoms with Gasteiger partial charge in [0, 0.05) is 36.5 Å². The number of alkyl halides is 2. The van der Waals surface area contributed by atoms with Gasteiger partial charge in [-0.05, 0) is 36.4 Å². The molecule has 2 aliphatic carbocycles. The van der Waals surface area contributed by atoms with E-state index in [0.717, 1.165) is 6.08 Å². The summed E-state index contributed by atoms with van der Waals surface area (Å²) in [5.41, 5.74) is 0. The van der Waals surface area contributed by atoms with Crippen molar-refractivity contribution in [1.29, 1.82) is 0 Å². The summed E-state index contributed by atoms with van der Waals surface area (Å²) in [6.07, 6.45) is 4.50. The highest BCUT2D eigenvalue weighted by molar-refractivity contribution is 5.91. The molecule has 2 saturated heterocycles. The van der Waals surface area contributed by atoms with Gasteiger partial charge in [0.25, 0.3) is 5.92 Å². The van der Waals surface area contributed by atoms with Crippen LogP contribution in [0.3, 0.4) is 0 Å². The second kappa shape index (κ2) is 14.3. The minimum Gasteiger partial charge on any atom is -0.487 e. The highest BCUT2D eigenvalue weighted by atomic mass is 19.3. The Morgan fingerprint density at radius 2 is 1.29 bits per heavy atom. The molecule has 0 bridgehead atoms. The predicted molar refractivity (Wildman–Crippen MR) is 156 cm³/mol. The highest BCUT2D eigenvalue weighted by Crippen LogP contribution is 2.43. The van der Waals surface area contributed by atoms with E-state index in [-0.39, 0.29) is 60.7 Å². The van der Waals surface area contributed by atoms with Gasteiger partial charge in [-0.15, -0.1) is 0 Å². The van der Waals surface area contributed by atoms with Crippen LogP contribution in [-0.2, 0) is 23.9 Å². The Morgan fingerprint density at radius 3 is 1.82 bits per heavy atom. The topological polar surface area (TPSA) is 129 Å². The van der Waals surface area contributed by atoms with Gasteiger partial charge < -0.3 is 29.2 Å². The Hall–Kier alpha value is -4.09. The van der Waals surface area contributed by atoms with Crippen molar-refractivity contribution in [3.05, 3.63) is 85.0 Å². The third-order valence-electron chi connectivity index (χ3n) is 8.52. The minimum atomic E-state index is -3.16. The molecule has 4 fully saturated rings. The summed E-state index contributed by atoms with van der Waals surface area (Å²) in [5, 5.41) is 20.0. The van der Waals surface area contributed by atoms with E-state index < -0.39 is 30.7 Å². The van der Waals surface area contributed by atoms with E-state index in [1.807, 2.05) is 18.2 Å². The molecule has 4 aliphatic rings. The Balaban J connectivity index is 0.000000178. The zero-order valence-electron chi connectivity index (χ0n) is 24.5. The number of aliphatic hydroxyl groups is 2. The summed E-state index contributed by atoms with van der Waals surface area (Å²) in [7, 11) is 0. The maximum absolute atomic E-state index is 13.9. The lowest BCUT2D eigenvalue weighted by molar-refractivity contribution is -0.142. The van der Waals surface area contributed by atoms with Crippen molar-refractivity contribution in [2.24, 2.45) is 23.7 Å². The fourth-order valence-corrected chi connectivity index (χ4v) is 6.31. The zero-order chi connectivity index (χ0) is 32.0. The normalized spacial score (nSPS) is 30.4. The molecule has 9 nitrogen and oxygen atoms in total. The van der Waals surface area contributed by atoms with E-state index in [1.54, 1.807) is 48.5 Å². The molecular weight excluding hydrogens is 590 g/mol. The maximum atomic E-state index is 13.9. The van der Waals surface area contributed by atoms with Gasteiger partial charge in [0.15, 0.2) is 19.0 Å². The molecule has 45 heavy (non-hydrogen) atoms. The van der Waals surface area contributed by atoms with Gasteiger partial charge in [-0.1, -0.05) is 48.6 Å². The fraction of sp³-hybridized carbons (Fsp3) is 0.441. The summed E-state index contributed by atoms with van der Waals surface area (Å²) in [5.74, 6) is -3.83. The lowest BCUT2D eigenvalue weighted by Crippen LogP contribution is -2.25. The van der Waals surface area contributed by atoms with Gasteiger partial charge >= 0.3 is 11.9 Å². The summed E-state index contributed by atoms with van der Waals surface area (Å²) >= 11 is 0. The monoisotopic (exact) mass is 626 g/mol. The smallest absolute Gasteiger partial charge is 0.306 e. The first-order chi connectivity index (χ1) is 21.6. The molecule has 6 rings (SSSR count). The summed E-state index contributed by atoms with van der Waals surface area (Å²) in [6.45, 7) is -0.827. The van der Waals surface area contributed by atoms with Gasteiger partial charge in [-0.2, -0.15) is 8.78 Å². The van der Waals surface area contributed by atoms with Gasteiger partial charge in [0.2, 0.25) is 0 Å². The summed E-state index contributed by atoms with van der Waals surface area (Å²) in [6, 6.07) is 17.5. The van der Waals surface area contributed by atoms with Crippen molar-refractivity contribution in [2.75, 3.05) is 13.2 Å². The molecule has 0 amide bonds. The van der Waals surface area contributed by atoms with E-state index in [2.05, 4.69) is 0 Å². The number of ketones is 1. The number of rotatable bonds is 10. The largest absolute Gasteiger partial charge is 0.487 e. The van der Waals surface area contributed by atoms with Crippen LogP contribution in [0.4, 0.5) is 8.78 Å². The quantitative estimate of drug-likeness (QED) is 0.228. The number of para-hydroxylation sites is 2.